The number of hydrogen-bond acceptors (Lipinski definition) is 2. The van der Waals surface area contributed by atoms with Crippen molar-refractivity contribution in [2.45, 2.75) is 53.5 Å². The summed E-state index contributed by atoms with van der Waals surface area (Å²) in [5.74, 6) is -0.721. The molecule has 1 N–H and O–H groups in total. The predicted octanol–water partition coefficient (Wildman–Crippen LogP) is 2.64. The van der Waals surface area contributed by atoms with E-state index in [-0.39, 0.29) is 0 Å². The Balaban J connectivity index is 2.96. The number of hydrogen-bond donors (Lipinski definition) is 1. The molecule has 17 heavy (non-hydrogen) atoms. The summed E-state index contributed by atoms with van der Waals surface area (Å²) in [7, 11) is 0. The highest BCUT2D eigenvalue weighted by Gasteiger charge is 2.33. The molecule has 0 fully saturated rings. The maximum absolute atomic E-state index is 11.4. The second-order valence-electron chi connectivity index (χ2n) is 4.89. The summed E-state index contributed by atoms with van der Waals surface area (Å²) in [6.07, 6.45) is 2.11. The van der Waals surface area contributed by atoms with Crippen LogP contribution in [0.1, 0.15) is 45.0 Å². The number of carboxylic acid groups (broad SMARTS) is 1. The third-order valence-electron chi connectivity index (χ3n) is 3.17. The molecule has 0 spiro atoms. The van der Waals surface area contributed by atoms with E-state index in [9.17, 15) is 9.90 Å². The van der Waals surface area contributed by atoms with Crippen molar-refractivity contribution in [3.05, 3.63) is 17.5 Å². The molecule has 0 radical (unpaired) electrons. The minimum absolute atomic E-state index is 0.546. The summed E-state index contributed by atoms with van der Waals surface area (Å²) in [4.78, 5) is 11.4. The fourth-order valence-corrected chi connectivity index (χ4v) is 2.24. The lowest BCUT2D eigenvalue weighted by Gasteiger charge is -2.24. The van der Waals surface area contributed by atoms with E-state index in [1.54, 1.807) is 0 Å². The van der Waals surface area contributed by atoms with Crippen molar-refractivity contribution >= 4 is 5.97 Å². The van der Waals surface area contributed by atoms with Crippen molar-refractivity contribution < 1.29 is 9.90 Å². The van der Waals surface area contributed by atoms with Crippen LogP contribution in [0.15, 0.2) is 6.07 Å². The zero-order valence-corrected chi connectivity index (χ0v) is 11.2. The first-order valence-electron chi connectivity index (χ1n) is 6.19. The second kappa shape index (κ2) is 5.34. The van der Waals surface area contributed by atoms with Crippen molar-refractivity contribution in [1.82, 2.24) is 9.78 Å². The van der Waals surface area contributed by atoms with Crippen LogP contribution in [0.4, 0.5) is 0 Å². The minimum Gasteiger partial charge on any atom is -0.481 e. The van der Waals surface area contributed by atoms with Gasteiger partial charge in [-0.1, -0.05) is 13.3 Å². The van der Waals surface area contributed by atoms with Crippen LogP contribution in [0.3, 0.4) is 0 Å². The molecule has 4 heteroatoms. The topological polar surface area (TPSA) is 55.1 Å². The van der Waals surface area contributed by atoms with Gasteiger partial charge in [0.25, 0.3) is 0 Å². The Kier molecular flexibility index (Phi) is 4.32. The van der Waals surface area contributed by atoms with E-state index < -0.39 is 11.4 Å². The summed E-state index contributed by atoms with van der Waals surface area (Å²) in [6, 6.07) is 1.99. The third kappa shape index (κ3) is 3.08. The highest BCUT2D eigenvalue weighted by molar-refractivity contribution is 5.74. The largest absolute Gasteiger partial charge is 0.481 e. The monoisotopic (exact) mass is 238 g/mol. The van der Waals surface area contributed by atoms with E-state index in [0.717, 1.165) is 24.4 Å². The van der Waals surface area contributed by atoms with Crippen LogP contribution in [-0.2, 0) is 17.8 Å². The van der Waals surface area contributed by atoms with E-state index in [1.165, 1.54) is 0 Å². The highest BCUT2D eigenvalue weighted by Crippen LogP contribution is 2.28. The molecule has 1 heterocycles. The van der Waals surface area contributed by atoms with Gasteiger partial charge in [-0.25, -0.2) is 0 Å². The van der Waals surface area contributed by atoms with Crippen molar-refractivity contribution in [3.63, 3.8) is 0 Å². The SMILES string of the molecule is CCCC(C)(Cc1cc(C)nn1CC)C(=O)O. The van der Waals surface area contributed by atoms with Gasteiger partial charge in [-0.05, 0) is 33.3 Å². The zero-order valence-electron chi connectivity index (χ0n) is 11.2. The smallest absolute Gasteiger partial charge is 0.309 e. The molecule has 1 unspecified atom stereocenters. The molecule has 0 aromatic carbocycles. The Labute approximate surface area is 103 Å². The van der Waals surface area contributed by atoms with Crippen LogP contribution in [0.25, 0.3) is 0 Å². The second-order valence-corrected chi connectivity index (χ2v) is 4.89. The van der Waals surface area contributed by atoms with Gasteiger partial charge in [0.05, 0.1) is 11.1 Å². The molecule has 96 valence electrons. The van der Waals surface area contributed by atoms with E-state index in [2.05, 4.69) is 5.10 Å². The number of carboxylic acids is 1. The van der Waals surface area contributed by atoms with E-state index in [4.69, 9.17) is 0 Å². The first-order chi connectivity index (χ1) is 7.92. The molecular weight excluding hydrogens is 216 g/mol. The van der Waals surface area contributed by atoms with E-state index in [1.807, 2.05) is 38.4 Å². The molecular formula is C13H22N2O2. The van der Waals surface area contributed by atoms with Crippen LogP contribution in [-0.4, -0.2) is 20.9 Å². The standard InChI is InChI=1S/C13H22N2O2/c1-5-7-13(4,12(16)17)9-11-8-10(3)14-15(11)6-2/h8H,5-7,9H2,1-4H3,(H,16,17). The number of aryl methyl sites for hydroxylation is 2. The predicted molar refractivity (Wildman–Crippen MR) is 67.0 cm³/mol. The molecule has 0 bridgehead atoms. The number of rotatable bonds is 6. The average Bonchev–Trinajstić information content (AvgIpc) is 2.58. The van der Waals surface area contributed by atoms with Crippen LogP contribution in [0.5, 0.6) is 0 Å². The normalized spacial score (nSPS) is 14.6. The first-order valence-corrected chi connectivity index (χ1v) is 6.19. The maximum Gasteiger partial charge on any atom is 0.309 e. The van der Waals surface area contributed by atoms with Crippen LogP contribution in [0, 0.1) is 12.3 Å². The van der Waals surface area contributed by atoms with Gasteiger partial charge in [-0.2, -0.15) is 5.10 Å². The number of aliphatic carboxylic acids is 1. The Bertz CT molecular complexity index is 398. The van der Waals surface area contributed by atoms with E-state index >= 15 is 0 Å². The van der Waals surface area contributed by atoms with Gasteiger partial charge < -0.3 is 5.11 Å². The minimum atomic E-state index is -0.721. The van der Waals surface area contributed by atoms with Gasteiger partial charge in [0.1, 0.15) is 0 Å². The summed E-state index contributed by atoms with van der Waals surface area (Å²) in [5.41, 5.74) is 1.28. The molecule has 0 amide bonds. The molecule has 0 aliphatic carbocycles. The van der Waals surface area contributed by atoms with Crippen LogP contribution in [0.2, 0.25) is 0 Å². The summed E-state index contributed by atoms with van der Waals surface area (Å²) in [6.45, 7) is 8.58. The summed E-state index contributed by atoms with van der Waals surface area (Å²) in [5, 5.41) is 13.7. The summed E-state index contributed by atoms with van der Waals surface area (Å²) < 4.78 is 1.90. The van der Waals surface area contributed by atoms with Crippen LogP contribution >= 0.6 is 0 Å². The van der Waals surface area contributed by atoms with Gasteiger partial charge in [-0.15, -0.1) is 0 Å². The maximum atomic E-state index is 11.4. The number of aromatic nitrogens is 2. The van der Waals surface area contributed by atoms with Gasteiger partial charge in [0.15, 0.2) is 0 Å². The highest BCUT2D eigenvalue weighted by atomic mass is 16.4. The number of nitrogens with zero attached hydrogens (tertiary/aromatic N) is 2. The average molecular weight is 238 g/mol. The van der Waals surface area contributed by atoms with E-state index in [0.29, 0.717) is 12.8 Å². The van der Waals surface area contributed by atoms with Crippen molar-refractivity contribution in [2.24, 2.45) is 5.41 Å². The first kappa shape index (κ1) is 13.7. The Hall–Kier alpha value is -1.32. The molecule has 0 saturated heterocycles. The zero-order chi connectivity index (χ0) is 13.1. The summed E-state index contributed by atoms with van der Waals surface area (Å²) >= 11 is 0. The van der Waals surface area contributed by atoms with Gasteiger partial charge in [-0.3, -0.25) is 9.48 Å². The molecule has 0 saturated carbocycles. The lowest BCUT2D eigenvalue weighted by molar-refractivity contribution is -0.148. The molecule has 4 nitrogen and oxygen atoms in total. The van der Waals surface area contributed by atoms with Crippen LogP contribution < -0.4 is 0 Å². The van der Waals surface area contributed by atoms with Crippen molar-refractivity contribution in [2.75, 3.05) is 0 Å². The van der Waals surface area contributed by atoms with Gasteiger partial charge in [0.2, 0.25) is 0 Å². The lowest BCUT2D eigenvalue weighted by atomic mass is 9.81. The van der Waals surface area contributed by atoms with Crippen molar-refractivity contribution in [1.29, 1.82) is 0 Å². The molecule has 1 atom stereocenters. The Morgan fingerprint density at radius 3 is 2.65 bits per heavy atom. The molecule has 1 aromatic rings. The Morgan fingerprint density at radius 1 is 1.53 bits per heavy atom. The molecule has 0 aliphatic heterocycles. The lowest BCUT2D eigenvalue weighted by Crippen LogP contribution is -2.30. The molecule has 1 aromatic heterocycles. The third-order valence-corrected chi connectivity index (χ3v) is 3.17. The fraction of sp³-hybridized carbons (Fsp3) is 0.692. The molecule has 1 rings (SSSR count). The van der Waals surface area contributed by atoms with Gasteiger partial charge >= 0.3 is 5.97 Å². The fourth-order valence-electron chi connectivity index (χ4n) is 2.24. The van der Waals surface area contributed by atoms with Gasteiger partial charge in [0, 0.05) is 18.7 Å². The quantitative estimate of drug-likeness (QED) is 0.829. The number of carbonyl (C=O) groups is 1. The Morgan fingerprint density at radius 2 is 2.18 bits per heavy atom. The molecule has 0 aliphatic rings. The van der Waals surface area contributed by atoms with Crippen molar-refractivity contribution in [3.8, 4) is 0 Å².